The third-order valence-electron chi connectivity index (χ3n) is 4.39. The highest BCUT2D eigenvalue weighted by Crippen LogP contribution is 2.25. The van der Waals surface area contributed by atoms with Crippen LogP contribution in [0.1, 0.15) is 5.69 Å². The van der Waals surface area contributed by atoms with Crippen LogP contribution in [0.5, 0.6) is 5.75 Å². The molecule has 0 bridgehead atoms. The van der Waals surface area contributed by atoms with E-state index in [4.69, 9.17) is 16.3 Å². The van der Waals surface area contributed by atoms with Crippen LogP contribution >= 0.6 is 11.6 Å². The van der Waals surface area contributed by atoms with E-state index in [2.05, 4.69) is 5.32 Å². The summed E-state index contributed by atoms with van der Waals surface area (Å²) in [6.45, 7) is 0. The number of hydrogen-bond acceptors (Lipinski definition) is 3. The van der Waals surface area contributed by atoms with E-state index in [1.54, 1.807) is 37.5 Å². The van der Waals surface area contributed by atoms with E-state index in [0.717, 1.165) is 22.0 Å². The van der Waals surface area contributed by atoms with Gasteiger partial charge >= 0.3 is 6.03 Å². The Balaban J connectivity index is 1.65. The Bertz CT molecular complexity index is 1070. The molecule has 1 saturated heterocycles. The standard InChI is InChI=1S/C21H16ClN3O3/c1-28-18-10-8-15(9-11-18)24-12-2-3-17(24)13-19-20(26)25(21(27)23-19)16-6-4-14(22)5-7-16/h2-13H,1H3,(H,23,27)/b19-13+. The first-order valence-electron chi connectivity index (χ1n) is 8.51. The molecule has 0 saturated carbocycles. The molecule has 1 fully saturated rings. The number of carbonyl (C=O) groups is 2. The zero-order valence-electron chi connectivity index (χ0n) is 14.9. The summed E-state index contributed by atoms with van der Waals surface area (Å²) in [7, 11) is 1.61. The molecule has 28 heavy (non-hydrogen) atoms. The fraction of sp³-hybridized carbons (Fsp3) is 0.0476. The lowest BCUT2D eigenvalue weighted by Crippen LogP contribution is -2.30. The van der Waals surface area contributed by atoms with Crippen LogP contribution in [0.25, 0.3) is 11.8 Å². The molecule has 4 rings (SSSR count). The van der Waals surface area contributed by atoms with Crippen molar-refractivity contribution in [3.63, 3.8) is 0 Å². The number of methoxy groups -OCH3 is 1. The summed E-state index contributed by atoms with van der Waals surface area (Å²) in [5.74, 6) is 0.336. The lowest BCUT2D eigenvalue weighted by molar-refractivity contribution is -0.113. The summed E-state index contributed by atoms with van der Waals surface area (Å²) in [4.78, 5) is 26.2. The number of anilines is 1. The number of nitrogens with zero attached hydrogens (tertiary/aromatic N) is 2. The molecular formula is C21H16ClN3O3. The van der Waals surface area contributed by atoms with Crippen LogP contribution in [-0.4, -0.2) is 23.6 Å². The smallest absolute Gasteiger partial charge is 0.333 e. The second-order valence-electron chi connectivity index (χ2n) is 6.11. The van der Waals surface area contributed by atoms with E-state index in [-0.39, 0.29) is 5.70 Å². The number of imide groups is 1. The van der Waals surface area contributed by atoms with Crippen molar-refractivity contribution in [1.29, 1.82) is 0 Å². The molecule has 2 aromatic carbocycles. The van der Waals surface area contributed by atoms with Crippen molar-refractivity contribution in [1.82, 2.24) is 9.88 Å². The Morgan fingerprint density at radius 1 is 0.964 bits per heavy atom. The lowest BCUT2D eigenvalue weighted by atomic mass is 10.2. The molecule has 1 N–H and O–H groups in total. The maximum Gasteiger partial charge on any atom is 0.333 e. The summed E-state index contributed by atoms with van der Waals surface area (Å²) in [5, 5.41) is 3.17. The molecule has 2 heterocycles. The van der Waals surface area contributed by atoms with Crippen LogP contribution < -0.4 is 15.0 Å². The molecule has 1 aliphatic rings. The van der Waals surface area contributed by atoms with Gasteiger partial charge < -0.3 is 14.6 Å². The molecule has 6 nitrogen and oxygen atoms in total. The number of carbonyl (C=O) groups excluding carboxylic acids is 2. The minimum Gasteiger partial charge on any atom is -0.497 e. The average Bonchev–Trinajstić information content (AvgIpc) is 3.27. The lowest BCUT2D eigenvalue weighted by Gasteiger charge is -2.11. The number of amides is 3. The first-order chi connectivity index (χ1) is 13.6. The molecule has 0 unspecified atom stereocenters. The van der Waals surface area contributed by atoms with E-state index in [9.17, 15) is 9.59 Å². The molecule has 0 atom stereocenters. The molecule has 7 heteroatoms. The number of aromatic nitrogens is 1. The first kappa shape index (κ1) is 17.9. The second-order valence-corrected chi connectivity index (χ2v) is 6.54. The summed E-state index contributed by atoms with van der Waals surface area (Å²) in [5.41, 5.74) is 2.32. The van der Waals surface area contributed by atoms with Crippen LogP contribution in [0.2, 0.25) is 5.02 Å². The molecule has 0 radical (unpaired) electrons. The van der Waals surface area contributed by atoms with Crippen molar-refractivity contribution in [2.45, 2.75) is 0 Å². The van der Waals surface area contributed by atoms with Gasteiger partial charge in [0.05, 0.1) is 12.8 Å². The van der Waals surface area contributed by atoms with Crippen molar-refractivity contribution < 1.29 is 14.3 Å². The van der Waals surface area contributed by atoms with Gasteiger partial charge in [0.2, 0.25) is 0 Å². The average molecular weight is 394 g/mol. The molecule has 0 spiro atoms. The van der Waals surface area contributed by atoms with Crippen molar-refractivity contribution in [3.8, 4) is 11.4 Å². The highest BCUT2D eigenvalue weighted by molar-refractivity contribution is 6.31. The van der Waals surface area contributed by atoms with Gasteiger partial charge in [0.1, 0.15) is 11.4 Å². The minimum absolute atomic E-state index is 0.202. The van der Waals surface area contributed by atoms with Crippen molar-refractivity contribution >= 4 is 35.3 Å². The van der Waals surface area contributed by atoms with E-state index in [0.29, 0.717) is 10.7 Å². The maximum absolute atomic E-state index is 12.8. The number of urea groups is 1. The Morgan fingerprint density at radius 3 is 2.32 bits per heavy atom. The molecule has 3 aromatic rings. The van der Waals surface area contributed by atoms with Gasteiger partial charge in [-0.3, -0.25) is 4.79 Å². The number of benzene rings is 2. The largest absolute Gasteiger partial charge is 0.497 e. The number of halogens is 1. The van der Waals surface area contributed by atoms with Crippen LogP contribution in [0.4, 0.5) is 10.5 Å². The number of nitrogens with one attached hydrogen (secondary N) is 1. The Hall–Kier alpha value is -3.51. The van der Waals surface area contributed by atoms with E-state index >= 15 is 0 Å². The Morgan fingerprint density at radius 2 is 1.64 bits per heavy atom. The third-order valence-corrected chi connectivity index (χ3v) is 4.64. The van der Waals surface area contributed by atoms with Crippen LogP contribution in [-0.2, 0) is 4.79 Å². The minimum atomic E-state index is -0.499. The highest BCUT2D eigenvalue weighted by atomic mass is 35.5. The quantitative estimate of drug-likeness (QED) is 0.532. The van der Waals surface area contributed by atoms with Gasteiger partial charge in [-0.25, -0.2) is 9.69 Å². The number of ether oxygens (including phenoxy) is 1. The Kier molecular flexibility index (Phi) is 4.63. The van der Waals surface area contributed by atoms with Gasteiger partial charge in [-0.1, -0.05) is 11.6 Å². The number of hydrogen-bond donors (Lipinski definition) is 1. The second kappa shape index (κ2) is 7.25. The van der Waals surface area contributed by atoms with E-state index in [1.807, 2.05) is 47.2 Å². The maximum atomic E-state index is 12.8. The fourth-order valence-electron chi connectivity index (χ4n) is 3.00. The summed E-state index contributed by atoms with van der Waals surface area (Å²) < 4.78 is 7.10. The van der Waals surface area contributed by atoms with Gasteiger partial charge in [-0.15, -0.1) is 0 Å². The third kappa shape index (κ3) is 3.25. The monoisotopic (exact) mass is 393 g/mol. The van der Waals surface area contributed by atoms with Crippen molar-refractivity contribution in [2.24, 2.45) is 0 Å². The van der Waals surface area contributed by atoms with Gasteiger partial charge in [-0.2, -0.15) is 0 Å². The normalized spacial score (nSPS) is 15.2. The summed E-state index contributed by atoms with van der Waals surface area (Å²) >= 11 is 5.88. The van der Waals surface area contributed by atoms with Crippen molar-refractivity contribution in [2.75, 3.05) is 12.0 Å². The topological polar surface area (TPSA) is 63.6 Å². The summed E-state index contributed by atoms with van der Waals surface area (Å²) in [6.07, 6.45) is 3.53. The van der Waals surface area contributed by atoms with Gasteiger partial charge in [-0.05, 0) is 66.7 Å². The zero-order chi connectivity index (χ0) is 19.7. The molecule has 1 aromatic heterocycles. The predicted octanol–water partition coefficient (Wildman–Crippen LogP) is 4.24. The zero-order valence-corrected chi connectivity index (χ0v) is 15.7. The van der Waals surface area contributed by atoms with Gasteiger partial charge in [0, 0.05) is 22.6 Å². The van der Waals surface area contributed by atoms with Crippen molar-refractivity contribution in [3.05, 3.63) is 83.3 Å². The van der Waals surface area contributed by atoms with E-state index < -0.39 is 11.9 Å². The molecule has 140 valence electrons. The van der Waals surface area contributed by atoms with Crippen LogP contribution in [0.15, 0.2) is 72.6 Å². The fourth-order valence-corrected chi connectivity index (χ4v) is 3.12. The van der Waals surface area contributed by atoms with Crippen LogP contribution in [0, 0.1) is 0 Å². The molecule has 1 aliphatic heterocycles. The molecular weight excluding hydrogens is 378 g/mol. The highest BCUT2D eigenvalue weighted by Gasteiger charge is 2.35. The summed E-state index contributed by atoms with van der Waals surface area (Å²) in [6, 6.07) is 17.3. The van der Waals surface area contributed by atoms with Gasteiger partial charge in [0.25, 0.3) is 5.91 Å². The number of rotatable bonds is 4. The first-order valence-corrected chi connectivity index (χ1v) is 8.89. The Labute approximate surface area is 166 Å². The SMILES string of the molecule is COc1ccc(-n2cccc2/C=C2/NC(=O)N(c3ccc(Cl)cc3)C2=O)cc1. The van der Waals surface area contributed by atoms with Gasteiger partial charge in [0.15, 0.2) is 0 Å². The molecule has 3 amide bonds. The van der Waals surface area contributed by atoms with E-state index in [1.165, 1.54) is 0 Å². The van der Waals surface area contributed by atoms with Crippen LogP contribution in [0.3, 0.4) is 0 Å². The predicted molar refractivity (Wildman–Crippen MR) is 108 cm³/mol. The molecule has 0 aliphatic carbocycles.